The molecule has 1 fully saturated rings. The lowest BCUT2D eigenvalue weighted by Crippen LogP contribution is -2.23. The van der Waals surface area contributed by atoms with Crippen LogP contribution in [0.3, 0.4) is 0 Å². The number of hydrogen-bond donors (Lipinski definition) is 1. The van der Waals surface area contributed by atoms with Gasteiger partial charge in [-0.1, -0.05) is 46.5 Å². The van der Waals surface area contributed by atoms with Crippen molar-refractivity contribution in [2.75, 3.05) is 13.1 Å². The van der Waals surface area contributed by atoms with Gasteiger partial charge in [-0.05, 0) is 37.3 Å². The summed E-state index contributed by atoms with van der Waals surface area (Å²) < 4.78 is 0. The predicted molar refractivity (Wildman–Crippen MR) is 63.4 cm³/mol. The standard InChI is InChI=1S/C13H27N/c1-4-14-10-12(3)9-13-7-5-11(2)6-8-13/h11-14H,4-10H2,1-3H3. The molecule has 84 valence electrons. The van der Waals surface area contributed by atoms with Crippen LogP contribution in [0.25, 0.3) is 0 Å². The lowest BCUT2D eigenvalue weighted by atomic mass is 9.79. The first-order chi connectivity index (χ1) is 6.72. The zero-order valence-corrected chi connectivity index (χ0v) is 10.2. The molecule has 1 aliphatic carbocycles. The van der Waals surface area contributed by atoms with Gasteiger partial charge in [0.1, 0.15) is 0 Å². The molecule has 0 heterocycles. The Morgan fingerprint density at radius 3 is 2.43 bits per heavy atom. The minimum Gasteiger partial charge on any atom is -0.317 e. The Balaban J connectivity index is 2.10. The van der Waals surface area contributed by atoms with Crippen LogP contribution in [0.2, 0.25) is 0 Å². The van der Waals surface area contributed by atoms with Crippen LogP contribution in [0.5, 0.6) is 0 Å². The second-order valence-electron chi connectivity index (χ2n) is 5.27. The van der Waals surface area contributed by atoms with Crippen LogP contribution < -0.4 is 5.32 Å². The summed E-state index contributed by atoms with van der Waals surface area (Å²) in [5.41, 5.74) is 0. The minimum absolute atomic E-state index is 0.869. The molecule has 1 unspecified atom stereocenters. The lowest BCUT2D eigenvalue weighted by molar-refractivity contribution is 0.249. The van der Waals surface area contributed by atoms with Crippen molar-refractivity contribution in [2.24, 2.45) is 17.8 Å². The van der Waals surface area contributed by atoms with E-state index in [0.29, 0.717) is 0 Å². The maximum Gasteiger partial charge on any atom is -0.00232 e. The van der Waals surface area contributed by atoms with Crippen LogP contribution >= 0.6 is 0 Å². The monoisotopic (exact) mass is 197 g/mol. The Labute approximate surface area is 89.7 Å². The van der Waals surface area contributed by atoms with E-state index >= 15 is 0 Å². The van der Waals surface area contributed by atoms with Crippen molar-refractivity contribution in [3.63, 3.8) is 0 Å². The van der Waals surface area contributed by atoms with Crippen molar-refractivity contribution in [2.45, 2.75) is 52.9 Å². The summed E-state index contributed by atoms with van der Waals surface area (Å²) in [6.07, 6.45) is 7.35. The van der Waals surface area contributed by atoms with E-state index in [0.717, 1.165) is 24.3 Å². The molecule has 1 aliphatic rings. The van der Waals surface area contributed by atoms with Gasteiger partial charge >= 0.3 is 0 Å². The van der Waals surface area contributed by atoms with Gasteiger partial charge in [-0.2, -0.15) is 0 Å². The Morgan fingerprint density at radius 2 is 1.86 bits per heavy atom. The average Bonchev–Trinajstić information content (AvgIpc) is 2.18. The smallest absolute Gasteiger partial charge is 0.00232 e. The molecular formula is C13H27N. The van der Waals surface area contributed by atoms with E-state index in [9.17, 15) is 0 Å². The van der Waals surface area contributed by atoms with E-state index in [2.05, 4.69) is 26.1 Å². The summed E-state index contributed by atoms with van der Waals surface area (Å²) in [7, 11) is 0. The molecule has 1 nitrogen and oxygen atoms in total. The molecule has 0 spiro atoms. The van der Waals surface area contributed by atoms with Crippen molar-refractivity contribution in [1.29, 1.82) is 0 Å². The second kappa shape index (κ2) is 6.44. The van der Waals surface area contributed by atoms with Crippen LogP contribution in [-0.4, -0.2) is 13.1 Å². The van der Waals surface area contributed by atoms with E-state index < -0.39 is 0 Å². The highest BCUT2D eigenvalue weighted by molar-refractivity contribution is 4.72. The van der Waals surface area contributed by atoms with Gasteiger partial charge in [0.05, 0.1) is 0 Å². The molecule has 1 saturated carbocycles. The van der Waals surface area contributed by atoms with E-state index in [1.807, 2.05) is 0 Å². The SMILES string of the molecule is CCNCC(C)CC1CCC(C)CC1. The van der Waals surface area contributed by atoms with E-state index in [4.69, 9.17) is 0 Å². The molecule has 1 rings (SSSR count). The Hall–Kier alpha value is -0.0400. The van der Waals surface area contributed by atoms with Gasteiger partial charge in [-0.15, -0.1) is 0 Å². The third-order valence-electron chi connectivity index (χ3n) is 3.61. The molecule has 0 radical (unpaired) electrons. The Kier molecular flexibility index (Phi) is 5.54. The zero-order chi connectivity index (χ0) is 10.4. The van der Waals surface area contributed by atoms with Gasteiger partial charge in [-0.25, -0.2) is 0 Å². The summed E-state index contributed by atoms with van der Waals surface area (Å²) in [6, 6.07) is 0. The first kappa shape index (κ1) is 12.0. The summed E-state index contributed by atoms with van der Waals surface area (Å²) in [6.45, 7) is 9.31. The molecule has 0 aromatic carbocycles. The van der Waals surface area contributed by atoms with Gasteiger partial charge in [0.25, 0.3) is 0 Å². The highest BCUT2D eigenvalue weighted by atomic mass is 14.8. The van der Waals surface area contributed by atoms with Crippen molar-refractivity contribution < 1.29 is 0 Å². The molecule has 14 heavy (non-hydrogen) atoms. The highest BCUT2D eigenvalue weighted by Gasteiger charge is 2.19. The predicted octanol–water partition coefficient (Wildman–Crippen LogP) is 3.45. The topological polar surface area (TPSA) is 12.0 Å². The fraction of sp³-hybridized carbons (Fsp3) is 1.00. The summed E-state index contributed by atoms with van der Waals surface area (Å²) >= 11 is 0. The fourth-order valence-electron chi connectivity index (χ4n) is 2.61. The van der Waals surface area contributed by atoms with Crippen molar-refractivity contribution >= 4 is 0 Å². The molecule has 0 aliphatic heterocycles. The van der Waals surface area contributed by atoms with Crippen LogP contribution in [0.4, 0.5) is 0 Å². The summed E-state index contributed by atoms with van der Waals surface area (Å²) in [5, 5.41) is 3.45. The third-order valence-corrected chi connectivity index (χ3v) is 3.61. The van der Waals surface area contributed by atoms with Gasteiger partial charge in [-0.3, -0.25) is 0 Å². The van der Waals surface area contributed by atoms with Gasteiger partial charge in [0, 0.05) is 0 Å². The highest BCUT2D eigenvalue weighted by Crippen LogP contribution is 2.32. The first-order valence-corrected chi connectivity index (χ1v) is 6.43. The quantitative estimate of drug-likeness (QED) is 0.712. The largest absolute Gasteiger partial charge is 0.317 e. The summed E-state index contributed by atoms with van der Waals surface area (Å²) in [5.74, 6) is 2.89. The normalized spacial score (nSPS) is 30.2. The van der Waals surface area contributed by atoms with E-state index in [1.165, 1.54) is 38.6 Å². The Bertz CT molecular complexity index is 136. The molecule has 1 N–H and O–H groups in total. The van der Waals surface area contributed by atoms with E-state index in [-0.39, 0.29) is 0 Å². The third kappa shape index (κ3) is 4.45. The Morgan fingerprint density at radius 1 is 1.21 bits per heavy atom. The second-order valence-corrected chi connectivity index (χ2v) is 5.27. The van der Waals surface area contributed by atoms with Gasteiger partial charge in [0.15, 0.2) is 0 Å². The minimum atomic E-state index is 0.869. The maximum atomic E-state index is 3.45. The molecule has 0 saturated heterocycles. The lowest BCUT2D eigenvalue weighted by Gasteiger charge is -2.28. The van der Waals surface area contributed by atoms with Gasteiger partial charge < -0.3 is 5.32 Å². The molecule has 0 aromatic heterocycles. The van der Waals surface area contributed by atoms with Crippen molar-refractivity contribution in [1.82, 2.24) is 5.32 Å². The van der Waals surface area contributed by atoms with Crippen LogP contribution in [0.1, 0.15) is 52.9 Å². The number of nitrogens with one attached hydrogen (secondary N) is 1. The molecular weight excluding hydrogens is 170 g/mol. The molecule has 0 bridgehead atoms. The van der Waals surface area contributed by atoms with Crippen LogP contribution in [-0.2, 0) is 0 Å². The van der Waals surface area contributed by atoms with E-state index in [1.54, 1.807) is 0 Å². The molecule has 1 heteroatoms. The summed E-state index contributed by atoms with van der Waals surface area (Å²) in [4.78, 5) is 0. The molecule has 0 amide bonds. The van der Waals surface area contributed by atoms with Crippen molar-refractivity contribution in [3.8, 4) is 0 Å². The molecule has 1 atom stereocenters. The number of hydrogen-bond acceptors (Lipinski definition) is 1. The average molecular weight is 197 g/mol. The molecule has 0 aromatic rings. The first-order valence-electron chi connectivity index (χ1n) is 6.43. The van der Waals surface area contributed by atoms with Crippen LogP contribution in [0, 0.1) is 17.8 Å². The fourth-order valence-corrected chi connectivity index (χ4v) is 2.61. The zero-order valence-electron chi connectivity index (χ0n) is 10.2. The van der Waals surface area contributed by atoms with Gasteiger partial charge in [0.2, 0.25) is 0 Å². The number of rotatable bonds is 5. The maximum absolute atomic E-state index is 3.45. The van der Waals surface area contributed by atoms with Crippen LogP contribution in [0.15, 0.2) is 0 Å². The van der Waals surface area contributed by atoms with Crippen molar-refractivity contribution in [3.05, 3.63) is 0 Å².